The Labute approximate surface area is 146 Å². The molecule has 7 heteroatoms. The van der Waals surface area contributed by atoms with Gasteiger partial charge in [0.15, 0.2) is 0 Å². The Morgan fingerprint density at radius 2 is 2.25 bits per heavy atom. The van der Waals surface area contributed by atoms with Gasteiger partial charge in [-0.1, -0.05) is 6.07 Å². The van der Waals surface area contributed by atoms with Crippen LogP contribution in [0, 0.1) is 6.92 Å². The van der Waals surface area contributed by atoms with E-state index in [9.17, 15) is 4.79 Å². The average Bonchev–Trinajstić information content (AvgIpc) is 2.98. The average molecular weight is 348 g/mol. The number of aryl methyl sites for hydroxylation is 1. The number of ether oxygens (including phenoxy) is 1. The molecule has 2 rings (SSSR count). The Balaban J connectivity index is 1.83. The molecule has 1 atom stereocenters. The summed E-state index contributed by atoms with van der Waals surface area (Å²) < 4.78 is 5.55. The van der Waals surface area contributed by atoms with Crippen LogP contribution in [0.4, 0.5) is 5.82 Å². The molecule has 0 aliphatic heterocycles. The van der Waals surface area contributed by atoms with E-state index in [0.717, 1.165) is 16.3 Å². The van der Waals surface area contributed by atoms with Crippen molar-refractivity contribution in [3.63, 3.8) is 0 Å². The fourth-order valence-corrected chi connectivity index (χ4v) is 3.02. The highest BCUT2D eigenvalue weighted by molar-refractivity contribution is 7.09. The summed E-state index contributed by atoms with van der Waals surface area (Å²) in [7, 11) is 1.90. The molecule has 2 aromatic heterocycles. The van der Waals surface area contributed by atoms with Crippen molar-refractivity contribution in [1.82, 2.24) is 14.9 Å². The summed E-state index contributed by atoms with van der Waals surface area (Å²) in [6.45, 7) is 7.50. The second-order valence-electron chi connectivity index (χ2n) is 5.72. The summed E-state index contributed by atoms with van der Waals surface area (Å²) in [4.78, 5) is 22.7. The molecule has 0 bridgehead atoms. The third-order valence-corrected chi connectivity index (χ3v) is 4.41. The molecule has 0 radical (unpaired) electrons. The van der Waals surface area contributed by atoms with Crippen molar-refractivity contribution in [1.29, 1.82) is 0 Å². The van der Waals surface area contributed by atoms with Crippen molar-refractivity contribution < 1.29 is 9.53 Å². The maximum atomic E-state index is 12.1. The molecule has 0 saturated carbocycles. The molecule has 0 spiro atoms. The fourth-order valence-electron chi connectivity index (χ4n) is 2.20. The number of nitrogens with one attached hydrogen (secondary N) is 1. The van der Waals surface area contributed by atoms with Gasteiger partial charge in [0.25, 0.3) is 0 Å². The molecule has 0 aliphatic carbocycles. The van der Waals surface area contributed by atoms with Crippen LogP contribution in [-0.4, -0.2) is 41.0 Å². The van der Waals surface area contributed by atoms with E-state index in [-0.39, 0.29) is 18.6 Å². The maximum Gasteiger partial charge on any atom is 0.239 e. The number of carbonyl (C=O) groups is 1. The van der Waals surface area contributed by atoms with E-state index >= 15 is 0 Å². The van der Waals surface area contributed by atoms with E-state index in [1.54, 1.807) is 23.6 Å². The molecular formula is C17H24N4O2S. The first-order valence-electron chi connectivity index (χ1n) is 7.95. The Hall–Kier alpha value is -1.83. The van der Waals surface area contributed by atoms with Gasteiger partial charge in [-0.15, -0.1) is 11.3 Å². The summed E-state index contributed by atoms with van der Waals surface area (Å²) in [5, 5.41) is 5.78. The topological polar surface area (TPSA) is 67.3 Å². The third kappa shape index (κ3) is 5.67. The van der Waals surface area contributed by atoms with Gasteiger partial charge in [-0.3, -0.25) is 9.69 Å². The molecule has 130 valence electrons. The molecule has 1 amide bonds. The van der Waals surface area contributed by atoms with Gasteiger partial charge in [-0.25, -0.2) is 9.97 Å². The highest BCUT2D eigenvalue weighted by atomic mass is 32.1. The van der Waals surface area contributed by atoms with Crippen molar-refractivity contribution in [3.8, 4) is 0 Å². The van der Waals surface area contributed by atoms with Crippen LogP contribution in [0.15, 0.2) is 23.7 Å². The van der Waals surface area contributed by atoms with Gasteiger partial charge in [0.2, 0.25) is 5.91 Å². The lowest BCUT2D eigenvalue weighted by Crippen LogP contribution is -2.30. The Morgan fingerprint density at radius 3 is 2.92 bits per heavy atom. The Kier molecular flexibility index (Phi) is 6.84. The van der Waals surface area contributed by atoms with Crippen molar-refractivity contribution in [2.24, 2.45) is 0 Å². The molecule has 0 unspecified atom stereocenters. The monoisotopic (exact) mass is 348 g/mol. The van der Waals surface area contributed by atoms with Crippen molar-refractivity contribution in [2.75, 3.05) is 25.5 Å². The predicted molar refractivity (Wildman–Crippen MR) is 96.1 cm³/mol. The van der Waals surface area contributed by atoms with Crippen LogP contribution in [0.1, 0.15) is 36.2 Å². The van der Waals surface area contributed by atoms with Gasteiger partial charge < -0.3 is 10.1 Å². The first-order valence-corrected chi connectivity index (χ1v) is 8.82. The highest BCUT2D eigenvalue weighted by Gasteiger charge is 2.13. The van der Waals surface area contributed by atoms with Crippen LogP contribution in [0.5, 0.6) is 0 Å². The van der Waals surface area contributed by atoms with Crippen LogP contribution in [-0.2, 0) is 16.1 Å². The zero-order chi connectivity index (χ0) is 17.5. The normalized spacial score (nSPS) is 12.4. The first-order chi connectivity index (χ1) is 11.5. The lowest BCUT2D eigenvalue weighted by Gasteiger charge is -2.15. The standard InChI is InChI=1S/C17H24N4O2S/c1-5-23-13(3)17-19-14(11-24-17)9-21(4)10-16(22)20-15-7-6-12(2)8-18-15/h6-8,11,13H,5,9-10H2,1-4H3,(H,18,20,22)/t13-/m0/s1. The molecule has 24 heavy (non-hydrogen) atoms. The number of amides is 1. The molecule has 0 fully saturated rings. The largest absolute Gasteiger partial charge is 0.372 e. The third-order valence-electron chi connectivity index (χ3n) is 3.36. The van der Waals surface area contributed by atoms with E-state index < -0.39 is 0 Å². The van der Waals surface area contributed by atoms with Gasteiger partial charge in [0, 0.05) is 24.7 Å². The van der Waals surface area contributed by atoms with Crippen LogP contribution in [0.2, 0.25) is 0 Å². The summed E-state index contributed by atoms with van der Waals surface area (Å²) in [6.07, 6.45) is 1.74. The number of anilines is 1. The first kappa shape index (κ1) is 18.5. The molecule has 2 heterocycles. The Morgan fingerprint density at radius 1 is 1.46 bits per heavy atom. The zero-order valence-electron chi connectivity index (χ0n) is 14.6. The minimum absolute atomic E-state index is 0.00923. The molecular weight excluding hydrogens is 324 g/mol. The van der Waals surface area contributed by atoms with Crippen molar-refractivity contribution >= 4 is 23.1 Å². The number of rotatable bonds is 8. The lowest BCUT2D eigenvalue weighted by atomic mass is 10.3. The molecule has 2 aromatic rings. The second-order valence-corrected chi connectivity index (χ2v) is 6.61. The van der Waals surface area contributed by atoms with E-state index in [4.69, 9.17) is 4.74 Å². The van der Waals surface area contributed by atoms with Crippen LogP contribution < -0.4 is 5.32 Å². The second kappa shape index (κ2) is 8.86. The summed E-state index contributed by atoms with van der Waals surface area (Å²) >= 11 is 1.59. The van der Waals surface area contributed by atoms with E-state index in [0.29, 0.717) is 19.0 Å². The van der Waals surface area contributed by atoms with Gasteiger partial charge >= 0.3 is 0 Å². The number of pyridine rings is 1. The molecule has 0 saturated heterocycles. The number of carbonyl (C=O) groups excluding carboxylic acids is 1. The van der Waals surface area contributed by atoms with E-state index in [2.05, 4.69) is 15.3 Å². The lowest BCUT2D eigenvalue weighted by molar-refractivity contribution is -0.117. The number of hydrogen-bond acceptors (Lipinski definition) is 6. The van der Waals surface area contributed by atoms with E-state index in [1.807, 2.05) is 44.2 Å². The smallest absolute Gasteiger partial charge is 0.239 e. The minimum atomic E-state index is -0.0907. The molecule has 0 aromatic carbocycles. The quantitative estimate of drug-likeness (QED) is 0.794. The molecule has 1 N–H and O–H groups in total. The van der Waals surface area contributed by atoms with Gasteiger partial charge in [-0.2, -0.15) is 0 Å². The van der Waals surface area contributed by atoms with Gasteiger partial charge in [0.05, 0.1) is 12.2 Å². The highest BCUT2D eigenvalue weighted by Crippen LogP contribution is 2.21. The summed E-state index contributed by atoms with van der Waals surface area (Å²) in [6, 6.07) is 3.72. The van der Waals surface area contributed by atoms with Gasteiger partial charge in [-0.05, 0) is 39.4 Å². The summed E-state index contributed by atoms with van der Waals surface area (Å²) in [5.74, 6) is 0.479. The van der Waals surface area contributed by atoms with Crippen LogP contribution in [0.25, 0.3) is 0 Å². The number of hydrogen-bond donors (Lipinski definition) is 1. The SMILES string of the molecule is CCO[C@@H](C)c1nc(CN(C)CC(=O)Nc2ccc(C)cn2)cs1. The van der Waals surface area contributed by atoms with Crippen LogP contribution in [0.3, 0.4) is 0 Å². The zero-order valence-corrected chi connectivity index (χ0v) is 15.4. The van der Waals surface area contributed by atoms with Crippen molar-refractivity contribution in [3.05, 3.63) is 40.0 Å². The minimum Gasteiger partial charge on any atom is -0.372 e. The fraction of sp³-hybridized carbons (Fsp3) is 0.471. The van der Waals surface area contributed by atoms with E-state index in [1.165, 1.54) is 0 Å². The molecule has 6 nitrogen and oxygen atoms in total. The van der Waals surface area contributed by atoms with Gasteiger partial charge in [0.1, 0.15) is 16.9 Å². The Bertz CT molecular complexity index is 657. The molecule has 0 aliphatic rings. The number of thiazole rings is 1. The number of likely N-dealkylation sites (N-methyl/N-ethyl adjacent to an activating group) is 1. The van der Waals surface area contributed by atoms with Crippen molar-refractivity contribution in [2.45, 2.75) is 33.4 Å². The maximum absolute atomic E-state index is 12.1. The number of nitrogens with zero attached hydrogens (tertiary/aromatic N) is 3. The number of aromatic nitrogens is 2. The summed E-state index contributed by atoms with van der Waals surface area (Å²) in [5.41, 5.74) is 2.01. The van der Waals surface area contributed by atoms with Crippen LogP contribution >= 0.6 is 11.3 Å². The predicted octanol–water partition coefficient (Wildman–Crippen LogP) is 3.01.